The maximum Gasteiger partial charge on any atom is 0.355 e. The highest BCUT2D eigenvalue weighted by molar-refractivity contribution is 6.32. The Morgan fingerprint density at radius 1 is 1.03 bits per heavy atom. The maximum absolute atomic E-state index is 14.5. The molecule has 0 unspecified atom stereocenters. The molecule has 4 heterocycles. The summed E-state index contributed by atoms with van der Waals surface area (Å²) in [6.07, 6.45) is 0.850. The number of nitrogens with zero attached hydrogens (tertiary/aromatic N) is 3. The lowest BCUT2D eigenvalue weighted by Gasteiger charge is -2.50. The number of aromatic hydroxyl groups is 2. The van der Waals surface area contributed by atoms with Gasteiger partial charge < -0.3 is 55.6 Å². The number of aliphatic carboxylic acids is 1. The fraction of sp³-hybridized carbons (Fsp3) is 0.429. The Balaban J connectivity index is 1.21. The van der Waals surface area contributed by atoms with Crippen LogP contribution in [0, 0.1) is 5.92 Å². The van der Waals surface area contributed by atoms with Crippen molar-refractivity contribution in [3.05, 3.63) is 82.9 Å². The zero-order valence-corrected chi connectivity index (χ0v) is 31.4. The minimum atomic E-state index is -3.10. The van der Waals surface area contributed by atoms with Gasteiger partial charge in [-0.05, 0) is 72.2 Å². The van der Waals surface area contributed by atoms with Crippen molar-refractivity contribution < 1.29 is 59.9 Å². The molecule has 0 aromatic heterocycles. The third-order valence-corrected chi connectivity index (χ3v) is 12.4. The monoisotopic (exact) mass is 798 g/mol. The van der Waals surface area contributed by atoms with Crippen molar-refractivity contribution in [1.29, 1.82) is 0 Å². The van der Waals surface area contributed by atoms with Crippen LogP contribution in [0.4, 0.5) is 11.4 Å². The second kappa shape index (κ2) is 15.4. The van der Waals surface area contributed by atoms with Crippen LogP contribution < -0.4 is 15.0 Å². The smallest absolute Gasteiger partial charge is 0.355 e. The van der Waals surface area contributed by atoms with Gasteiger partial charge in [-0.2, -0.15) is 0 Å². The molecule has 16 heteroatoms. The van der Waals surface area contributed by atoms with E-state index in [1.54, 1.807) is 18.3 Å². The van der Waals surface area contributed by atoms with E-state index in [9.17, 15) is 50.4 Å². The van der Waals surface area contributed by atoms with Gasteiger partial charge in [0.05, 0.1) is 18.0 Å². The van der Waals surface area contributed by atoms with Crippen molar-refractivity contribution >= 4 is 41.3 Å². The van der Waals surface area contributed by atoms with Crippen LogP contribution in [0.2, 0.25) is 0 Å². The average Bonchev–Trinajstić information content (AvgIpc) is 3.84. The van der Waals surface area contributed by atoms with Gasteiger partial charge in [0, 0.05) is 53.9 Å². The molecule has 1 saturated heterocycles. The third kappa shape index (κ3) is 6.88. The van der Waals surface area contributed by atoms with E-state index in [1.807, 2.05) is 18.2 Å². The van der Waals surface area contributed by atoms with Crippen LogP contribution in [-0.2, 0) is 26.2 Å². The summed E-state index contributed by atoms with van der Waals surface area (Å²) < 4.78 is 10.9. The number of carbonyl (C=O) groups is 2. The quantitative estimate of drug-likeness (QED) is 0.105. The summed E-state index contributed by atoms with van der Waals surface area (Å²) in [5, 5.41) is 89.0. The number of carbonyl (C=O) groups excluding carboxylic acids is 1. The number of benzene rings is 3. The van der Waals surface area contributed by atoms with Gasteiger partial charge in [-0.1, -0.05) is 37.1 Å². The van der Waals surface area contributed by atoms with Crippen molar-refractivity contribution in [2.24, 2.45) is 15.9 Å². The van der Waals surface area contributed by atoms with E-state index in [2.05, 4.69) is 21.4 Å². The van der Waals surface area contributed by atoms with E-state index in [-0.39, 0.29) is 17.4 Å². The Morgan fingerprint density at radius 3 is 2.60 bits per heavy atom. The predicted molar refractivity (Wildman–Crippen MR) is 210 cm³/mol. The van der Waals surface area contributed by atoms with Gasteiger partial charge in [0.1, 0.15) is 36.8 Å². The lowest BCUT2D eigenvalue weighted by molar-refractivity contribution is -0.422. The van der Waals surface area contributed by atoms with Crippen molar-refractivity contribution in [3.8, 4) is 17.2 Å². The summed E-state index contributed by atoms with van der Waals surface area (Å²) in [6, 6.07) is 13.7. The highest BCUT2D eigenvalue weighted by Gasteiger charge is 2.57. The minimum Gasteiger partial charge on any atom is -0.508 e. The molecular weight excluding hydrogens is 752 g/mol. The highest BCUT2D eigenvalue weighted by atomic mass is 16.8. The number of amides is 1. The van der Waals surface area contributed by atoms with Crippen LogP contribution in [0.15, 0.2) is 70.7 Å². The summed E-state index contributed by atoms with van der Waals surface area (Å²) in [6.45, 7) is 0.114. The first kappa shape index (κ1) is 39.5. The highest BCUT2D eigenvalue weighted by Crippen LogP contribution is 2.58. The fourth-order valence-electron chi connectivity index (χ4n) is 9.54. The zero-order valence-electron chi connectivity index (χ0n) is 31.4. The maximum atomic E-state index is 14.5. The molecule has 58 heavy (non-hydrogen) atoms. The second-order valence-corrected chi connectivity index (χ2v) is 15.7. The van der Waals surface area contributed by atoms with Crippen LogP contribution in [0.5, 0.6) is 17.2 Å². The molecule has 16 nitrogen and oxygen atoms in total. The molecular formula is C42H46N4O12. The number of nitrogens with one attached hydrogen (secondary N) is 1. The molecule has 9 atom stereocenters. The molecule has 0 radical (unpaired) electrons. The number of aliphatic imine (C=N–C) groups is 2. The molecule has 306 valence electrons. The largest absolute Gasteiger partial charge is 0.508 e. The number of phenols is 2. The number of ether oxygens (including phenoxy) is 2. The number of rotatable bonds is 10. The zero-order chi connectivity index (χ0) is 40.9. The Bertz CT molecular complexity index is 2190. The lowest BCUT2D eigenvalue weighted by Crippen LogP contribution is -2.67. The SMILES string of the molecule is O=C(O)[C@H]1[C@H](C[C@]23CCCC[C@@H]2CNc2ccccc23)c2cc(O)c(O[C@@]3(O)O[C@H](CO)[C@@H](O)[C@H](O)[C@H]3O)cc2N1C(=O)C=Cc1ccc(O)c(CC2=NCN=C2)c1. The van der Waals surface area contributed by atoms with Gasteiger partial charge in [0.15, 0.2) is 17.6 Å². The number of anilines is 2. The summed E-state index contributed by atoms with van der Waals surface area (Å²) in [4.78, 5) is 37.5. The van der Waals surface area contributed by atoms with Crippen LogP contribution in [0.25, 0.3) is 6.08 Å². The van der Waals surface area contributed by atoms with Gasteiger partial charge in [0.25, 0.3) is 5.91 Å². The van der Waals surface area contributed by atoms with Gasteiger partial charge in [0.2, 0.25) is 0 Å². The number of hydrogen-bond acceptors (Lipinski definition) is 14. The molecule has 3 aromatic rings. The standard InChI is InChI=1S/C42H46N4O12/c47-20-34-37(51)38(52)39(53)42(56,58-34)57-33-16-30-26(15-32(33)49)27(17-41-12-4-3-5-24(41)18-44-29-7-2-1-6-28(29)41)36(40(54)55)46(30)35(50)11-9-22-8-10-31(48)23(13-22)14-25-19-43-21-45-25/h1-2,6-11,13,15-16,19,24,27,34,36-39,44,47-49,51-53,56H,3-5,12,14,17-18,20-21H2,(H,54,55)/t24-,27-,34-,36-,37-,38+,39-,41-,42-/m1/s1. The van der Waals surface area contributed by atoms with Crippen LogP contribution in [-0.4, -0.2) is 121 Å². The minimum absolute atomic E-state index is 0.0296. The van der Waals surface area contributed by atoms with Crippen molar-refractivity contribution in [1.82, 2.24) is 0 Å². The van der Waals surface area contributed by atoms with Gasteiger partial charge >= 0.3 is 11.9 Å². The molecule has 1 aliphatic carbocycles. The molecule has 5 aliphatic rings. The first-order valence-electron chi connectivity index (χ1n) is 19.4. The molecule has 0 spiro atoms. The Morgan fingerprint density at radius 2 is 1.84 bits per heavy atom. The second-order valence-electron chi connectivity index (χ2n) is 15.7. The predicted octanol–water partition coefficient (Wildman–Crippen LogP) is 2.16. The number of fused-ring (bicyclic) bond motifs is 4. The fourth-order valence-corrected chi connectivity index (χ4v) is 9.54. The van der Waals surface area contributed by atoms with Gasteiger partial charge in [-0.15, -0.1) is 0 Å². The Hall–Kier alpha value is -5.36. The van der Waals surface area contributed by atoms with Crippen molar-refractivity contribution in [2.75, 3.05) is 30.0 Å². The van der Waals surface area contributed by atoms with Gasteiger partial charge in [-0.3, -0.25) is 19.7 Å². The number of para-hydroxylation sites is 1. The number of aliphatic hydroxyl groups is 5. The summed E-state index contributed by atoms with van der Waals surface area (Å²) >= 11 is 0. The van der Waals surface area contributed by atoms with E-state index in [4.69, 9.17) is 9.47 Å². The number of phenolic OH excluding ortho intramolecular Hbond substituents is 2. The lowest BCUT2D eigenvalue weighted by atomic mass is 9.56. The average molecular weight is 799 g/mol. The molecule has 2 fully saturated rings. The topological polar surface area (TPSA) is 254 Å². The summed E-state index contributed by atoms with van der Waals surface area (Å²) in [7, 11) is 0. The molecule has 1 saturated carbocycles. The number of aliphatic hydroxyl groups excluding tert-OH is 4. The summed E-state index contributed by atoms with van der Waals surface area (Å²) in [5.74, 6) is -6.94. The first-order chi connectivity index (χ1) is 27.8. The van der Waals surface area contributed by atoms with Crippen LogP contribution in [0.1, 0.15) is 60.3 Å². The van der Waals surface area contributed by atoms with E-state index in [1.165, 1.54) is 30.4 Å². The van der Waals surface area contributed by atoms with Crippen molar-refractivity contribution in [3.63, 3.8) is 0 Å². The molecule has 3 aromatic carbocycles. The Labute approximate surface area is 333 Å². The van der Waals surface area contributed by atoms with E-state index < -0.39 is 77.7 Å². The van der Waals surface area contributed by atoms with Gasteiger partial charge in [-0.25, -0.2) is 4.79 Å². The molecule has 8 rings (SSSR count). The number of carboxylic acid groups (broad SMARTS) is 1. The van der Waals surface area contributed by atoms with Crippen LogP contribution in [0.3, 0.4) is 0 Å². The molecule has 1 amide bonds. The van der Waals surface area contributed by atoms with E-state index in [0.717, 1.165) is 41.8 Å². The normalized spacial score (nSPS) is 31.3. The first-order valence-corrected chi connectivity index (χ1v) is 19.4. The Kier molecular flexibility index (Phi) is 10.5. The number of carboxylic acids is 1. The van der Waals surface area contributed by atoms with Crippen molar-refractivity contribution in [2.45, 2.75) is 86.3 Å². The summed E-state index contributed by atoms with van der Waals surface area (Å²) in [5.41, 5.74) is 3.69. The molecule has 0 bridgehead atoms. The van der Waals surface area contributed by atoms with E-state index >= 15 is 0 Å². The van der Waals surface area contributed by atoms with Crippen LogP contribution >= 0.6 is 0 Å². The molecule has 9 N–H and O–H groups in total. The number of hydrogen-bond donors (Lipinski definition) is 9. The van der Waals surface area contributed by atoms with E-state index in [0.29, 0.717) is 48.5 Å². The third-order valence-electron chi connectivity index (χ3n) is 12.4. The molecule has 4 aliphatic heterocycles.